The molecular weight excluding hydrogens is 234 g/mol. The van der Waals surface area contributed by atoms with Crippen LogP contribution in [0.2, 0.25) is 0 Å². The molecule has 0 fully saturated rings. The first kappa shape index (κ1) is 12.3. The van der Waals surface area contributed by atoms with Crippen LogP contribution < -0.4 is 0 Å². The molecule has 0 amide bonds. The van der Waals surface area contributed by atoms with Crippen LogP contribution in [0.15, 0.2) is 30.6 Å². The second kappa shape index (κ2) is 4.97. The van der Waals surface area contributed by atoms with E-state index in [-0.39, 0.29) is 5.82 Å². The highest BCUT2D eigenvalue weighted by Crippen LogP contribution is 2.14. The summed E-state index contributed by atoms with van der Waals surface area (Å²) in [5.74, 6) is -0.563. The summed E-state index contributed by atoms with van der Waals surface area (Å²) in [6, 6.07) is 7.16. The molecule has 1 aromatic heterocycles. The Morgan fingerprint density at radius 2 is 2.06 bits per heavy atom. The van der Waals surface area contributed by atoms with Gasteiger partial charge in [-0.15, -0.1) is 5.10 Å². The summed E-state index contributed by atoms with van der Waals surface area (Å²) in [5, 5.41) is 13.4. The number of hydrogen-bond acceptors (Lipinski definition) is 5. The Labute approximate surface area is 104 Å². The van der Waals surface area contributed by atoms with E-state index < -0.39 is 12.1 Å². The van der Waals surface area contributed by atoms with Crippen molar-refractivity contribution in [1.82, 2.24) is 14.8 Å². The predicted octanol–water partition coefficient (Wildman–Crippen LogP) is 1.11. The first-order chi connectivity index (χ1) is 8.61. The first-order valence-corrected chi connectivity index (χ1v) is 5.40. The number of methoxy groups -OCH3 is 1. The van der Waals surface area contributed by atoms with Gasteiger partial charge in [-0.1, -0.05) is 12.1 Å². The highest BCUT2D eigenvalue weighted by molar-refractivity contribution is 5.84. The van der Waals surface area contributed by atoms with Crippen molar-refractivity contribution in [3.8, 4) is 5.69 Å². The summed E-state index contributed by atoms with van der Waals surface area (Å²) in [4.78, 5) is 15.1. The summed E-state index contributed by atoms with van der Waals surface area (Å²) in [6.45, 7) is 1.69. The molecule has 6 nitrogen and oxygen atoms in total. The maximum absolute atomic E-state index is 11.2. The van der Waals surface area contributed by atoms with E-state index >= 15 is 0 Å². The number of benzene rings is 1. The molecule has 0 saturated heterocycles. The van der Waals surface area contributed by atoms with Gasteiger partial charge in [0.05, 0.1) is 18.9 Å². The first-order valence-electron chi connectivity index (χ1n) is 5.40. The molecule has 2 aromatic rings. The SMILES string of the molecule is COC(=O)c1ncn(-c2ccc([C@H](C)O)cc2)n1. The van der Waals surface area contributed by atoms with Gasteiger partial charge >= 0.3 is 5.97 Å². The normalized spacial score (nSPS) is 12.2. The molecule has 0 radical (unpaired) electrons. The molecule has 6 heteroatoms. The monoisotopic (exact) mass is 247 g/mol. The quantitative estimate of drug-likeness (QED) is 0.822. The highest BCUT2D eigenvalue weighted by Gasteiger charge is 2.11. The van der Waals surface area contributed by atoms with Crippen molar-refractivity contribution in [1.29, 1.82) is 0 Å². The molecule has 1 atom stereocenters. The molecule has 0 aliphatic rings. The number of hydrogen-bond donors (Lipinski definition) is 1. The lowest BCUT2D eigenvalue weighted by molar-refractivity contribution is 0.0587. The van der Waals surface area contributed by atoms with E-state index in [0.717, 1.165) is 11.3 Å². The van der Waals surface area contributed by atoms with Crippen LogP contribution in [-0.4, -0.2) is 33.0 Å². The molecule has 0 bridgehead atoms. The van der Waals surface area contributed by atoms with E-state index in [1.807, 2.05) is 0 Å². The third-order valence-electron chi connectivity index (χ3n) is 2.50. The van der Waals surface area contributed by atoms with Crippen molar-refractivity contribution in [2.45, 2.75) is 13.0 Å². The lowest BCUT2D eigenvalue weighted by Gasteiger charge is -2.05. The van der Waals surface area contributed by atoms with Gasteiger partial charge in [0.15, 0.2) is 0 Å². The number of esters is 1. The van der Waals surface area contributed by atoms with Gasteiger partial charge < -0.3 is 9.84 Å². The molecule has 0 aliphatic carbocycles. The molecule has 94 valence electrons. The topological polar surface area (TPSA) is 77.2 Å². The second-order valence-electron chi connectivity index (χ2n) is 3.77. The summed E-state index contributed by atoms with van der Waals surface area (Å²) in [6.07, 6.45) is 0.921. The molecule has 0 saturated carbocycles. The van der Waals surface area contributed by atoms with Crippen LogP contribution in [0.25, 0.3) is 5.69 Å². The van der Waals surface area contributed by atoms with Gasteiger partial charge in [-0.25, -0.2) is 14.5 Å². The fraction of sp³-hybridized carbons (Fsp3) is 0.250. The fourth-order valence-corrected chi connectivity index (χ4v) is 1.48. The van der Waals surface area contributed by atoms with Crippen molar-refractivity contribution < 1.29 is 14.6 Å². The van der Waals surface area contributed by atoms with E-state index in [9.17, 15) is 9.90 Å². The third-order valence-corrected chi connectivity index (χ3v) is 2.50. The number of carbonyl (C=O) groups excluding carboxylic acids is 1. The van der Waals surface area contributed by atoms with Crippen LogP contribution in [0, 0.1) is 0 Å². The maximum Gasteiger partial charge on any atom is 0.377 e. The summed E-state index contributed by atoms with van der Waals surface area (Å²) >= 11 is 0. The number of aliphatic hydroxyl groups is 1. The van der Waals surface area contributed by atoms with Crippen LogP contribution in [0.5, 0.6) is 0 Å². The number of carbonyl (C=O) groups is 1. The Balaban J connectivity index is 2.26. The number of aromatic nitrogens is 3. The smallest absolute Gasteiger partial charge is 0.377 e. The van der Waals surface area contributed by atoms with E-state index in [0.29, 0.717) is 0 Å². The lowest BCUT2D eigenvalue weighted by atomic mass is 10.1. The minimum atomic E-state index is -0.575. The zero-order chi connectivity index (χ0) is 13.1. The van der Waals surface area contributed by atoms with Crippen LogP contribution in [0.1, 0.15) is 29.2 Å². The minimum Gasteiger partial charge on any atom is -0.463 e. The average Bonchev–Trinajstić information content (AvgIpc) is 2.87. The largest absolute Gasteiger partial charge is 0.463 e. The van der Waals surface area contributed by atoms with Gasteiger partial charge in [-0.05, 0) is 24.6 Å². The summed E-state index contributed by atoms with van der Waals surface area (Å²) < 4.78 is 6.00. The van der Waals surface area contributed by atoms with E-state index in [2.05, 4.69) is 14.8 Å². The number of ether oxygens (including phenoxy) is 1. The van der Waals surface area contributed by atoms with E-state index in [4.69, 9.17) is 0 Å². The predicted molar refractivity (Wildman–Crippen MR) is 63.3 cm³/mol. The minimum absolute atomic E-state index is 0.0112. The number of aliphatic hydroxyl groups excluding tert-OH is 1. The number of nitrogens with zero attached hydrogens (tertiary/aromatic N) is 3. The van der Waals surface area contributed by atoms with Crippen LogP contribution in [0.4, 0.5) is 0 Å². The molecule has 1 aromatic carbocycles. The van der Waals surface area contributed by atoms with Gasteiger partial charge in [0.1, 0.15) is 6.33 Å². The van der Waals surface area contributed by atoms with Gasteiger partial charge in [0.2, 0.25) is 0 Å². The van der Waals surface area contributed by atoms with Crippen LogP contribution in [-0.2, 0) is 4.74 Å². The van der Waals surface area contributed by atoms with Gasteiger partial charge in [-0.2, -0.15) is 0 Å². The molecule has 0 unspecified atom stereocenters. The van der Waals surface area contributed by atoms with Gasteiger partial charge in [0.25, 0.3) is 5.82 Å². The van der Waals surface area contributed by atoms with Crippen molar-refractivity contribution >= 4 is 5.97 Å². The highest BCUT2D eigenvalue weighted by atomic mass is 16.5. The molecule has 1 N–H and O–H groups in total. The van der Waals surface area contributed by atoms with Crippen molar-refractivity contribution in [2.24, 2.45) is 0 Å². The van der Waals surface area contributed by atoms with Crippen molar-refractivity contribution in [3.05, 3.63) is 42.0 Å². The van der Waals surface area contributed by atoms with Gasteiger partial charge in [0, 0.05) is 0 Å². The summed E-state index contributed by atoms with van der Waals surface area (Å²) in [5.41, 5.74) is 1.56. The van der Waals surface area contributed by atoms with Crippen molar-refractivity contribution in [3.63, 3.8) is 0 Å². The van der Waals surface area contributed by atoms with Crippen molar-refractivity contribution in [2.75, 3.05) is 7.11 Å². The average molecular weight is 247 g/mol. The zero-order valence-electron chi connectivity index (χ0n) is 10.1. The Morgan fingerprint density at radius 1 is 1.39 bits per heavy atom. The molecule has 2 rings (SSSR count). The van der Waals surface area contributed by atoms with Crippen LogP contribution >= 0.6 is 0 Å². The summed E-state index contributed by atoms with van der Waals surface area (Å²) in [7, 11) is 1.28. The van der Waals surface area contributed by atoms with E-state index in [1.165, 1.54) is 18.1 Å². The second-order valence-corrected chi connectivity index (χ2v) is 3.77. The molecular formula is C12H13N3O3. The fourth-order valence-electron chi connectivity index (χ4n) is 1.48. The van der Waals surface area contributed by atoms with Gasteiger partial charge in [-0.3, -0.25) is 0 Å². The zero-order valence-corrected chi connectivity index (χ0v) is 10.1. The molecule has 0 spiro atoms. The Morgan fingerprint density at radius 3 is 2.61 bits per heavy atom. The lowest BCUT2D eigenvalue weighted by Crippen LogP contribution is -2.05. The van der Waals surface area contributed by atoms with E-state index in [1.54, 1.807) is 31.2 Å². The Hall–Kier alpha value is -2.21. The number of rotatable bonds is 3. The third kappa shape index (κ3) is 2.38. The molecule has 18 heavy (non-hydrogen) atoms. The maximum atomic E-state index is 11.2. The molecule has 0 aliphatic heterocycles. The van der Waals surface area contributed by atoms with Crippen LogP contribution in [0.3, 0.4) is 0 Å². The Bertz CT molecular complexity index is 546. The molecule has 1 heterocycles. The Kier molecular flexibility index (Phi) is 3.38. The standard InChI is InChI=1S/C12H13N3O3/c1-8(16)9-3-5-10(6-4-9)15-7-13-11(14-15)12(17)18-2/h3-8,16H,1-2H3/t8-/m0/s1.